The van der Waals surface area contributed by atoms with Crippen molar-refractivity contribution in [1.82, 2.24) is 10.2 Å². The molecule has 1 atom stereocenters. The van der Waals surface area contributed by atoms with E-state index in [-0.39, 0.29) is 19.1 Å². The molecule has 1 aliphatic carbocycles. The highest BCUT2D eigenvalue weighted by Gasteiger charge is 2.38. The number of aliphatic carboxylic acids is 1. The molecule has 2 aromatic carbocycles. The second kappa shape index (κ2) is 8.45. The lowest BCUT2D eigenvalue weighted by Crippen LogP contribution is -2.60. The number of benzene rings is 2. The third-order valence-corrected chi connectivity index (χ3v) is 5.84. The fourth-order valence-electron chi connectivity index (χ4n) is 4.23. The summed E-state index contributed by atoms with van der Waals surface area (Å²) in [6.07, 6.45) is -0.727. The van der Waals surface area contributed by atoms with Crippen molar-refractivity contribution in [3.05, 3.63) is 59.7 Å². The van der Waals surface area contributed by atoms with Crippen molar-refractivity contribution in [2.24, 2.45) is 0 Å². The quantitative estimate of drug-likeness (QED) is 0.761. The number of hydrogen-bond donors (Lipinski definition) is 2. The Balaban J connectivity index is 1.43. The average molecular weight is 410 g/mol. The molecule has 1 saturated heterocycles. The fourth-order valence-corrected chi connectivity index (χ4v) is 4.23. The van der Waals surface area contributed by atoms with Gasteiger partial charge in [-0.05, 0) is 29.2 Å². The molecule has 2 aromatic rings. The lowest BCUT2D eigenvalue weighted by molar-refractivity contribution is -0.145. The van der Waals surface area contributed by atoms with Crippen LogP contribution in [0.2, 0.25) is 0 Å². The molecule has 0 aromatic heterocycles. The number of rotatable bonds is 6. The third kappa shape index (κ3) is 4.04. The Hall–Kier alpha value is -2.90. The summed E-state index contributed by atoms with van der Waals surface area (Å²) in [6.45, 7) is 4.22. The predicted octanol–water partition coefficient (Wildman–Crippen LogP) is 2.70. The van der Waals surface area contributed by atoms with Crippen LogP contribution in [0, 0.1) is 0 Å². The summed E-state index contributed by atoms with van der Waals surface area (Å²) in [4.78, 5) is 26.4. The largest absolute Gasteiger partial charge is 0.479 e. The van der Waals surface area contributed by atoms with E-state index in [1.54, 1.807) is 0 Å². The molecule has 2 aliphatic rings. The zero-order chi connectivity index (χ0) is 21.1. The number of nitrogens with one attached hydrogen (secondary N) is 1. The molecule has 0 spiro atoms. The van der Waals surface area contributed by atoms with E-state index in [9.17, 15) is 14.7 Å². The van der Waals surface area contributed by atoms with Gasteiger partial charge >= 0.3 is 12.1 Å². The maximum Gasteiger partial charge on any atom is 0.408 e. The monoisotopic (exact) mass is 410 g/mol. The topological polar surface area (TPSA) is 88.1 Å². The van der Waals surface area contributed by atoms with E-state index in [1.807, 2.05) is 41.3 Å². The summed E-state index contributed by atoms with van der Waals surface area (Å²) in [7, 11) is 0. The van der Waals surface area contributed by atoms with E-state index in [0.717, 1.165) is 22.3 Å². The van der Waals surface area contributed by atoms with Crippen LogP contribution >= 0.6 is 0 Å². The first-order valence-corrected chi connectivity index (χ1v) is 10.1. The molecule has 0 unspecified atom stereocenters. The Morgan fingerprint density at radius 3 is 2.23 bits per heavy atom. The lowest BCUT2D eigenvalue weighted by Gasteiger charge is -2.34. The third-order valence-electron chi connectivity index (χ3n) is 5.84. The van der Waals surface area contributed by atoms with Crippen LogP contribution in [0.25, 0.3) is 11.1 Å². The molecule has 7 nitrogen and oxygen atoms in total. The van der Waals surface area contributed by atoms with E-state index in [4.69, 9.17) is 9.47 Å². The number of fused-ring (bicyclic) bond motifs is 3. The van der Waals surface area contributed by atoms with Crippen LogP contribution in [-0.2, 0) is 14.3 Å². The first-order valence-electron chi connectivity index (χ1n) is 10.1. The van der Waals surface area contributed by atoms with Crippen molar-refractivity contribution in [3.63, 3.8) is 0 Å². The molecule has 4 rings (SSSR count). The summed E-state index contributed by atoms with van der Waals surface area (Å²) >= 11 is 0. The van der Waals surface area contributed by atoms with E-state index in [0.29, 0.717) is 26.3 Å². The molecule has 0 saturated carbocycles. The number of morpholine rings is 1. The molecule has 158 valence electrons. The maximum atomic E-state index is 12.5. The van der Waals surface area contributed by atoms with Crippen molar-refractivity contribution in [2.75, 3.05) is 39.5 Å². The van der Waals surface area contributed by atoms with E-state index in [1.165, 1.54) is 6.92 Å². The summed E-state index contributed by atoms with van der Waals surface area (Å²) in [6, 6.07) is 16.2. The van der Waals surface area contributed by atoms with E-state index >= 15 is 0 Å². The van der Waals surface area contributed by atoms with E-state index < -0.39 is 17.6 Å². The number of carbonyl (C=O) groups excluding carboxylic acids is 1. The van der Waals surface area contributed by atoms with Gasteiger partial charge in [-0.1, -0.05) is 48.5 Å². The Kier molecular flexibility index (Phi) is 5.74. The molecule has 1 amide bonds. The second-order valence-corrected chi connectivity index (χ2v) is 7.98. The van der Waals surface area contributed by atoms with Crippen molar-refractivity contribution in [3.8, 4) is 11.1 Å². The van der Waals surface area contributed by atoms with Crippen LogP contribution in [0.15, 0.2) is 48.5 Å². The normalized spacial score (nSPS) is 18.2. The van der Waals surface area contributed by atoms with Gasteiger partial charge in [-0.3, -0.25) is 4.90 Å². The van der Waals surface area contributed by atoms with Gasteiger partial charge in [-0.15, -0.1) is 0 Å². The molecule has 1 aliphatic heterocycles. The van der Waals surface area contributed by atoms with Crippen molar-refractivity contribution in [2.45, 2.75) is 18.4 Å². The number of nitrogens with zero attached hydrogens (tertiary/aromatic N) is 1. The summed E-state index contributed by atoms with van der Waals surface area (Å²) in [5, 5.41) is 12.3. The van der Waals surface area contributed by atoms with Gasteiger partial charge in [0.1, 0.15) is 6.61 Å². The molecule has 0 radical (unpaired) electrons. The number of carboxylic acid groups (broad SMARTS) is 1. The zero-order valence-corrected chi connectivity index (χ0v) is 17.0. The summed E-state index contributed by atoms with van der Waals surface area (Å²) in [5.41, 5.74) is 3.07. The summed E-state index contributed by atoms with van der Waals surface area (Å²) in [5.74, 6) is -1.17. The molecular weight excluding hydrogens is 384 g/mol. The Morgan fingerprint density at radius 1 is 1.10 bits per heavy atom. The van der Waals surface area contributed by atoms with Crippen LogP contribution in [-0.4, -0.2) is 67.1 Å². The predicted molar refractivity (Wildman–Crippen MR) is 112 cm³/mol. The highest BCUT2D eigenvalue weighted by molar-refractivity contribution is 5.84. The highest BCUT2D eigenvalue weighted by atomic mass is 16.5. The zero-order valence-electron chi connectivity index (χ0n) is 17.0. The van der Waals surface area contributed by atoms with Gasteiger partial charge in [-0.25, -0.2) is 9.59 Å². The van der Waals surface area contributed by atoms with Gasteiger partial charge in [0, 0.05) is 25.6 Å². The van der Waals surface area contributed by atoms with Gasteiger partial charge in [0.2, 0.25) is 0 Å². The average Bonchev–Trinajstić information content (AvgIpc) is 3.06. The number of carboxylic acids is 1. The van der Waals surface area contributed by atoms with Gasteiger partial charge in [0.15, 0.2) is 5.54 Å². The molecule has 0 bridgehead atoms. The van der Waals surface area contributed by atoms with Gasteiger partial charge in [0.25, 0.3) is 0 Å². The van der Waals surface area contributed by atoms with Crippen molar-refractivity contribution < 1.29 is 24.2 Å². The minimum atomic E-state index is -1.44. The lowest BCUT2D eigenvalue weighted by atomic mass is 9.98. The standard InChI is InChI=1S/C23H26N2O5/c1-23(21(26)27,15-25-10-12-29-13-11-25)24-22(28)30-14-20-18-8-4-2-6-16(18)17-7-3-5-9-19(17)20/h2-9,20H,10-15H2,1H3,(H,24,28)(H,26,27)/t23-/m1/s1. The van der Waals surface area contributed by atoms with Crippen molar-refractivity contribution in [1.29, 1.82) is 0 Å². The van der Waals surface area contributed by atoms with Gasteiger partial charge < -0.3 is 19.9 Å². The van der Waals surface area contributed by atoms with Crippen LogP contribution in [0.4, 0.5) is 4.79 Å². The molecule has 7 heteroatoms. The minimum Gasteiger partial charge on any atom is -0.479 e. The molecule has 1 fully saturated rings. The van der Waals surface area contributed by atoms with Crippen LogP contribution in [0.3, 0.4) is 0 Å². The second-order valence-electron chi connectivity index (χ2n) is 7.98. The molecule has 30 heavy (non-hydrogen) atoms. The first kappa shape index (κ1) is 20.4. The number of carbonyl (C=O) groups is 2. The highest BCUT2D eigenvalue weighted by Crippen LogP contribution is 2.44. The molecular formula is C23H26N2O5. The Labute approximate surface area is 175 Å². The first-order chi connectivity index (χ1) is 14.5. The minimum absolute atomic E-state index is 0.0709. The number of ether oxygens (including phenoxy) is 2. The maximum absolute atomic E-state index is 12.5. The SMILES string of the molecule is C[C@](CN1CCOCC1)(NC(=O)OCC1c2ccccc2-c2ccccc21)C(=O)O. The van der Waals surface area contributed by atoms with Gasteiger partial charge in [-0.2, -0.15) is 0 Å². The van der Waals surface area contributed by atoms with Gasteiger partial charge in [0.05, 0.1) is 13.2 Å². The number of hydrogen-bond acceptors (Lipinski definition) is 5. The van der Waals surface area contributed by atoms with Crippen molar-refractivity contribution >= 4 is 12.1 Å². The molecule has 2 N–H and O–H groups in total. The molecule has 1 heterocycles. The Bertz CT molecular complexity index is 895. The van der Waals surface area contributed by atoms with Crippen LogP contribution in [0.5, 0.6) is 0 Å². The number of alkyl carbamates (subject to hydrolysis) is 1. The Morgan fingerprint density at radius 2 is 1.67 bits per heavy atom. The smallest absolute Gasteiger partial charge is 0.408 e. The van der Waals surface area contributed by atoms with E-state index in [2.05, 4.69) is 17.4 Å². The van der Waals surface area contributed by atoms with Crippen LogP contribution < -0.4 is 5.32 Å². The summed E-state index contributed by atoms with van der Waals surface area (Å²) < 4.78 is 10.8. The number of amides is 1. The fraction of sp³-hybridized carbons (Fsp3) is 0.391. The van der Waals surface area contributed by atoms with Crippen LogP contribution in [0.1, 0.15) is 24.0 Å².